The Balaban J connectivity index is 0.00000256. The van der Waals surface area contributed by atoms with Gasteiger partial charge in [0.1, 0.15) is 0 Å². The van der Waals surface area contributed by atoms with Gasteiger partial charge in [0.2, 0.25) is 0 Å². The predicted molar refractivity (Wildman–Crippen MR) is 77.5 cm³/mol. The summed E-state index contributed by atoms with van der Waals surface area (Å²) in [4.78, 5) is 10.1. The lowest BCUT2D eigenvalue weighted by atomic mass is 10.3. The quantitative estimate of drug-likeness (QED) is 0.346. The van der Waals surface area contributed by atoms with E-state index in [0.29, 0.717) is 6.54 Å². The van der Waals surface area contributed by atoms with Crippen LogP contribution in [0.3, 0.4) is 0 Å². The van der Waals surface area contributed by atoms with E-state index in [1.807, 2.05) is 23.2 Å². The molecule has 4 nitrogen and oxygen atoms in total. The summed E-state index contributed by atoms with van der Waals surface area (Å²) in [6.45, 7) is 5.24. The molecule has 0 amide bonds. The third-order valence-electron chi connectivity index (χ3n) is 1.81. The van der Waals surface area contributed by atoms with Gasteiger partial charge in [0.05, 0.1) is 4.92 Å². The van der Waals surface area contributed by atoms with Crippen molar-refractivity contribution < 1.29 is 4.92 Å². The summed E-state index contributed by atoms with van der Waals surface area (Å²) in [7, 11) is 0. The first-order valence-corrected chi connectivity index (χ1v) is 6.88. The molecule has 17 heavy (non-hydrogen) atoms. The highest BCUT2D eigenvalue weighted by Crippen LogP contribution is 2.22. The summed E-state index contributed by atoms with van der Waals surface area (Å²) in [6.07, 6.45) is 1.88. The van der Waals surface area contributed by atoms with Gasteiger partial charge in [-0.1, -0.05) is 17.4 Å². The van der Waals surface area contributed by atoms with Crippen LogP contribution in [0.4, 0.5) is 5.00 Å². The van der Waals surface area contributed by atoms with Crippen LogP contribution >= 0.6 is 35.5 Å². The number of rotatable bonds is 8. The zero-order valence-electron chi connectivity index (χ0n) is 9.26. The average Bonchev–Trinajstić information content (AvgIpc) is 2.72. The Kier molecular flexibility index (Phi) is 9.16. The lowest BCUT2D eigenvalue weighted by Crippen LogP contribution is -2.16. The van der Waals surface area contributed by atoms with Crippen molar-refractivity contribution >= 4 is 40.5 Å². The molecule has 0 aliphatic rings. The van der Waals surface area contributed by atoms with Gasteiger partial charge >= 0.3 is 5.00 Å². The number of hydrogen-bond donors (Lipinski definition) is 1. The Hall–Kier alpha value is -0.560. The highest BCUT2D eigenvalue weighted by Gasteiger charge is 2.08. The van der Waals surface area contributed by atoms with Crippen molar-refractivity contribution in [1.82, 2.24) is 5.32 Å². The Bertz CT molecular complexity index is 358. The van der Waals surface area contributed by atoms with Crippen LogP contribution in [-0.2, 0) is 6.54 Å². The first-order chi connectivity index (χ1) is 7.74. The summed E-state index contributed by atoms with van der Waals surface area (Å²) < 4.78 is 0. The van der Waals surface area contributed by atoms with Gasteiger partial charge in [-0.25, -0.2) is 0 Å². The molecule has 0 spiro atoms. The Morgan fingerprint density at radius 2 is 2.41 bits per heavy atom. The maximum absolute atomic E-state index is 10.4. The van der Waals surface area contributed by atoms with Crippen molar-refractivity contribution in [2.24, 2.45) is 0 Å². The zero-order chi connectivity index (χ0) is 11.8. The SMILES string of the molecule is C=CCSCCNCc1csc([N+](=O)[O-])c1.Cl. The number of thiophene rings is 1. The lowest BCUT2D eigenvalue weighted by Gasteiger charge is -2.01. The highest BCUT2D eigenvalue weighted by atomic mass is 35.5. The zero-order valence-corrected chi connectivity index (χ0v) is 11.7. The van der Waals surface area contributed by atoms with Crippen molar-refractivity contribution in [2.75, 3.05) is 18.1 Å². The van der Waals surface area contributed by atoms with E-state index in [0.717, 1.165) is 23.6 Å². The van der Waals surface area contributed by atoms with Gasteiger partial charge in [-0.15, -0.1) is 19.0 Å². The van der Waals surface area contributed by atoms with Crippen LogP contribution in [0, 0.1) is 10.1 Å². The molecule has 1 N–H and O–H groups in total. The number of nitro groups is 1. The fourth-order valence-electron chi connectivity index (χ4n) is 1.09. The molecular formula is C10H15ClN2O2S2. The molecule has 1 aromatic rings. The molecule has 0 saturated carbocycles. The average molecular weight is 295 g/mol. The van der Waals surface area contributed by atoms with Crippen molar-refractivity contribution in [3.05, 3.63) is 39.8 Å². The van der Waals surface area contributed by atoms with Crippen molar-refractivity contribution in [3.63, 3.8) is 0 Å². The maximum Gasteiger partial charge on any atom is 0.324 e. The van der Waals surface area contributed by atoms with E-state index < -0.39 is 0 Å². The molecule has 0 unspecified atom stereocenters. The molecule has 0 fully saturated rings. The summed E-state index contributed by atoms with van der Waals surface area (Å²) in [5.41, 5.74) is 0.977. The van der Waals surface area contributed by atoms with Gasteiger partial charge in [-0.3, -0.25) is 10.1 Å². The van der Waals surface area contributed by atoms with Crippen LogP contribution in [0.1, 0.15) is 5.56 Å². The number of nitrogens with zero attached hydrogens (tertiary/aromatic N) is 1. The van der Waals surface area contributed by atoms with Crippen LogP contribution in [0.2, 0.25) is 0 Å². The molecule has 1 heterocycles. The number of halogens is 1. The standard InChI is InChI=1S/C10H14N2O2S2.ClH/c1-2-4-15-5-3-11-7-9-6-10(12(13)14)16-8-9;/h2,6,8,11H,1,3-5,7H2;1H. The van der Waals surface area contributed by atoms with Crippen LogP contribution in [-0.4, -0.2) is 23.0 Å². The number of hydrogen-bond acceptors (Lipinski definition) is 5. The highest BCUT2D eigenvalue weighted by molar-refractivity contribution is 7.99. The fourth-order valence-corrected chi connectivity index (χ4v) is 2.45. The van der Waals surface area contributed by atoms with Crippen molar-refractivity contribution in [2.45, 2.75) is 6.54 Å². The van der Waals surface area contributed by atoms with Crippen LogP contribution in [0.15, 0.2) is 24.1 Å². The number of nitrogens with one attached hydrogen (secondary N) is 1. The van der Waals surface area contributed by atoms with Gasteiger partial charge in [-0.05, 0) is 5.56 Å². The summed E-state index contributed by atoms with van der Waals surface area (Å²) in [5.74, 6) is 1.99. The molecule has 0 aromatic carbocycles. The first-order valence-electron chi connectivity index (χ1n) is 4.85. The summed E-state index contributed by atoms with van der Waals surface area (Å²) in [6, 6.07) is 1.62. The van der Waals surface area contributed by atoms with E-state index in [9.17, 15) is 10.1 Å². The van der Waals surface area contributed by atoms with Crippen molar-refractivity contribution in [3.8, 4) is 0 Å². The second kappa shape index (κ2) is 9.47. The topological polar surface area (TPSA) is 55.2 Å². The minimum Gasteiger partial charge on any atom is -0.312 e. The second-order valence-corrected chi connectivity index (χ2v) is 5.13. The predicted octanol–water partition coefficient (Wildman–Crippen LogP) is 3.09. The molecule has 0 aliphatic heterocycles. The molecular weight excluding hydrogens is 280 g/mol. The summed E-state index contributed by atoms with van der Waals surface area (Å²) >= 11 is 2.98. The molecule has 0 bridgehead atoms. The second-order valence-electron chi connectivity index (χ2n) is 3.09. The van der Waals surface area contributed by atoms with Gasteiger partial charge in [-0.2, -0.15) is 11.8 Å². The fraction of sp³-hybridized carbons (Fsp3) is 0.400. The van der Waals surface area contributed by atoms with E-state index in [-0.39, 0.29) is 22.3 Å². The minimum absolute atomic E-state index is 0. The van der Waals surface area contributed by atoms with E-state index in [1.54, 1.807) is 6.07 Å². The van der Waals surface area contributed by atoms with Crippen LogP contribution < -0.4 is 5.32 Å². The largest absolute Gasteiger partial charge is 0.324 e. The van der Waals surface area contributed by atoms with Gasteiger partial charge < -0.3 is 5.32 Å². The third-order valence-corrected chi connectivity index (χ3v) is 3.70. The Labute approximate surface area is 115 Å². The molecule has 0 atom stereocenters. The van der Waals surface area contributed by atoms with Crippen molar-refractivity contribution in [1.29, 1.82) is 0 Å². The maximum atomic E-state index is 10.4. The first kappa shape index (κ1) is 16.4. The molecule has 1 rings (SSSR count). The third kappa shape index (κ3) is 6.68. The lowest BCUT2D eigenvalue weighted by molar-refractivity contribution is -0.380. The monoisotopic (exact) mass is 294 g/mol. The number of thioether (sulfide) groups is 1. The van der Waals surface area contributed by atoms with E-state index in [4.69, 9.17) is 0 Å². The Morgan fingerprint density at radius 1 is 1.65 bits per heavy atom. The molecule has 0 saturated heterocycles. The molecule has 0 aliphatic carbocycles. The van der Waals surface area contributed by atoms with E-state index in [2.05, 4.69) is 11.9 Å². The van der Waals surface area contributed by atoms with Gasteiger partial charge in [0.25, 0.3) is 0 Å². The smallest absolute Gasteiger partial charge is 0.312 e. The van der Waals surface area contributed by atoms with E-state index in [1.165, 1.54) is 11.3 Å². The molecule has 1 aromatic heterocycles. The Morgan fingerprint density at radius 3 is 3.00 bits per heavy atom. The molecule has 0 radical (unpaired) electrons. The van der Waals surface area contributed by atoms with Gasteiger partial charge in [0.15, 0.2) is 0 Å². The van der Waals surface area contributed by atoms with Gasteiger partial charge in [0, 0.05) is 36.0 Å². The van der Waals surface area contributed by atoms with Crippen LogP contribution in [0.25, 0.3) is 0 Å². The van der Waals surface area contributed by atoms with E-state index >= 15 is 0 Å². The normalized spacial score (nSPS) is 9.65. The summed E-state index contributed by atoms with van der Waals surface area (Å²) in [5, 5.41) is 15.7. The van der Waals surface area contributed by atoms with Crippen LogP contribution in [0.5, 0.6) is 0 Å². The minimum atomic E-state index is -0.353. The molecule has 96 valence electrons. The molecule has 7 heteroatoms.